The maximum Gasteiger partial charge on any atom is 0.416 e. The van der Waals surface area contributed by atoms with E-state index >= 15 is 0 Å². The van der Waals surface area contributed by atoms with Gasteiger partial charge >= 0.3 is 6.18 Å². The van der Waals surface area contributed by atoms with Crippen molar-refractivity contribution in [1.29, 1.82) is 0 Å². The van der Waals surface area contributed by atoms with E-state index in [1.165, 1.54) is 12.1 Å². The number of anilines is 1. The number of carbonyl (C=O) groups is 2. The normalized spacial score (nSPS) is 22.5. The first-order chi connectivity index (χ1) is 11.3. The number of halogens is 3. The third-order valence-electron chi connectivity index (χ3n) is 4.09. The van der Waals surface area contributed by atoms with Gasteiger partial charge in [-0.1, -0.05) is 11.8 Å². The van der Waals surface area contributed by atoms with Crippen molar-refractivity contribution < 1.29 is 22.8 Å². The van der Waals surface area contributed by atoms with Gasteiger partial charge in [-0.05, 0) is 38.0 Å². The SMILES string of the molecule is C[C@H]1CCCN1C(=O)/C=C1/Sc2ccc(C(F)(F)F)cc2NC1=O. The van der Waals surface area contributed by atoms with Gasteiger partial charge in [-0.3, -0.25) is 9.59 Å². The van der Waals surface area contributed by atoms with Crippen molar-refractivity contribution in [2.75, 3.05) is 11.9 Å². The number of likely N-dealkylation sites (tertiary alicyclic amines) is 1. The number of benzene rings is 1. The summed E-state index contributed by atoms with van der Waals surface area (Å²) in [6.07, 6.45) is -1.35. The third kappa shape index (κ3) is 3.28. The zero-order valence-electron chi connectivity index (χ0n) is 12.8. The smallest absolute Gasteiger partial charge is 0.336 e. The number of hydrogen-bond acceptors (Lipinski definition) is 3. The van der Waals surface area contributed by atoms with Crippen molar-refractivity contribution in [2.45, 2.75) is 36.9 Å². The molecule has 1 aromatic carbocycles. The summed E-state index contributed by atoms with van der Waals surface area (Å²) < 4.78 is 38.2. The van der Waals surface area contributed by atoms with Crippen LogP contribution in [0.25, 0.3) is 0 Å². The Labute approximate surface area is 141 Å². The quantitative estimate of drug-likeness (QED) is 0.782. The lowest BCUT2D eigenvalue weighted by atomic mass is 10.2. The summed E-state index contributed by atoms with van der Waals surface area (Å²) >= 11 is 1.01. The van der Waals surface area contributed by atoms with E-state index in [0.717, 1.165) is 36.7 Å². The van der Waals surface area contributed by atoms with Crippen LogP contribution in [0.1, 0.15) is 25.3 Å². The highest BCUT2D eigenvalue weighted by Crippen LogP contribution is 2.41. The highest BCUT2D eigenvalue weighted by atomic mass is 32.2. The molecule has 3 rings (SSSR count). The van der Waals surface area contributed by atoms with E-state index in [-0.39, 0.29) is 22.5 Å². The van der Waals surface area contributed by atoms with Crippen molar-refractivity contribution in [3.05, 3.63) is 34.7 Å². The fourth-order valence-electron chi connectivity index (χ4n) is 2.79. The second-order valence-electron chi connectivity index (χ2n) is 5.80. The van der Waals surface area contributed by atoms with E-state index in [9.17, 15) is 22.8 Å². The summed E-state index contributed by atoms with van der Waals surface area (Å²) in [5.41, 5.74) is -0.712. The van der Waals surface area contributed by atoms with Crippen LogP contribution in [-0.2, 0) is 15.8 Å². The Hall–Kier alpha value is -1.96. The Morgan fingerprint density at radius 3 is 2.79 bits per heavy atom. The number of thioether (sulfide) groups is 1. The van der Waals surface area contributed by atoms with Gasteiger partial charge in [0.15, 0.2) is 0 Å². The molecular formula is C16H15F3N2O2S. The van der Waals surface area contributed by atoms with Crippen LogP contribution in [0.3, 0.4) is 0 Å². The lowest BCUT2D eigenvalue weighted by Gasteiger charge is -2.22. The standard InChI is InChI=1S/C16H15F3N2O2S/c1-9-3-2-6-21(9)14(22)8-13-15(23)20-11-7-10(16(17,18)19)4-5-12(11)24-13/h4-5,7-9H,2-3,6H2,1H3,(H,20,23)/b13-8+/t9-/m0/s1. The molecule has 24 heavy (non-hydrogen) atoms. The monoisotopic (exact) mass is 356 g/mol. The molecule has 4 nitrogen and oxygen atoms in total. The van der Waals surface area contributed by atoms with E-state index in [4.69, 9.17) is 0 Å². The number of rotatable bonds is 1. The van der Waals surface area contributed by atoms with Crippen LogP contribution >= 0.6 is 11.8 Å². The van der Waals surface area contributed by atoms with Crippen molar-refractivity contribution in [2.24, 2.45) is 0 Å². The van der Waals surface area contributed by atoms with Crippen molar-refractivity contribution in [3.8, 4) is 0 Å². The fourth-order valence-corrected chi connectivity index (χ4v) is 3.69. The van der Waals surface area contributed by atoms with E-state index in [0.29, 0.717) is 11.4 Å². The van der Waals surface area contributed by atoms with Crippen LogP contribution in [0.4, 0.5) is 18.9 Å². The van der Waals surface area contributed by atoms with Crippen molar-refractivity contribution in [3.63, 3.8) is 0 Å². The summed E-state index contributed by atoms with van der Waals surface area (Å²) in [5, 5.41) is 2.43. The van der Waals surface area contributed by atoms with Gasteiger partial charge in [0, 0.05) is 23.6 Å². The average molecular weight is 356 g/mol. The maximum atomic E-state index is 12.7. The zero-order chi connectivity index (χ0) is 17.5. The molecule has 2 amide bonds. The zero-order valence-corrected chi connectivity index (χ0v) is 13.6. The molecular weight excluding hydrogens is 341 g/mol. The molecule has 0 spiro atoms. The Morgan fingerprint density at radius 1 is 1.42 bits per heavy atom. The first-order valence-corrected chi connectivity index (χ1v) is 8.30. The minimum absolute atomic E-state index is 0.110. The fraction of sp³-hybridized carbons (Fsp3) is 0.375. The van der Waals surface area contributed by atoms with E-state index in [1.807, 2.05) is 6.92 Å². The molecule has 2 heterocycles. The highest BCUT2D eigenvalue weighted by molar-refractivity contribution is 8.04. The van der Waals surface area contributed by atoms with Crippen LogP contribution in [0.5, 0.6) is 0 Å². The Bertz CT molecular complexity index is 731. The van der Waals surface area contributed by atoms with Gasteiger partial charge in [0.05, 0.1) is 16.2 Å². The molecule has 0 saturated carbocycles. The topological polar surface area (TPSA) is 49.4 Å². The van der Waals surface area contributed by atoms with Gasteiger partial charge in [0.1, 0.15) is 0 Å². The maximum absolute atomic E-state index is 12.7. The van der Waals surface area contributed by atoms with Gasteiger partial charge in [-0.25, -0.2) is 0 Å². The second kappa shape index (κ2) is 6.16. The van der Waals surface area contributed by atoms with Crippen LogP contribution in [0.15, 0.2) is 34.1 Å². The summed E-state index contributed by atoms with van der Waals surface area (Å²) in [6.45, 7) is 2.60. The third-order valence-corrected chi connectivity index (χ3v) is 5.19. The number of fused-ring (bicyclic) bond motifs is 1. The van der Waals surface area contributed by atoms with E-state index < -0.39 is 17.6 Å². The van der Waals surface area contributed by atoms with Crippen LogP contribution in [0, 0.1) is 0 Å². The van der Waals surface area contributed by atoms with Crippen LogP contribution < -0.4 is 5.32 Å². The molecule has 128 valence electrons. The van der Waals surface area contributed by atoms with Gasteiger partial charge < -0.3 is 10.2 Å². The van der Waals surface area contributed by atoms with Crippen molar-refractivity contribution >= 4 is 29.3 Å². The summed E-state index contributed by atoms with van der Waals surface area (Å²) in [7, 11) is 0. The summed E-state index contributed by atoms with van der Waals surface area (Å²) in [4.78, 5) is 26.7. The van der Waals surface area contributed by atoms with Crippen LogP contribution in [-0.4, -0.2) is 29.3 Å². The predicted octanol–water partition coefficient (Wildman–Crippen LogP) is 3.64. The number of amides is 2. The van der Waals surface area contributed by atoms with Crippen molar-refractivity contribution in [1.82, 2.24) is 4.90 Å². The molecule has 0 aliphatic carbocycles. The number of hydrogen-bond donors (Lipinski definition) is 1. The van der Waals surface area contributed by atoms with E-state index in [1.54, 1.807) is 4.90 Å². The Balaban J connectivity index is 1.83. The minimum atomic E-state index is -4.47. The van der Waals surface area contributed by atoms with Gasteiger partial charge in [-0.15, -0.1) is 0 Å². The molecule has 1 fully saturated rings. The number of nitrogens with one attached hydrogen (secondary N) is 1. The molecule has 0 aromatic heterocycles. The molecule has 2 aliphatic heterocycles. The largest absolute Gasteiger partial charge is 0.416 e. The molecule has 1 saturated heterocycles. The molecule has 1 N–H and O–H groups in total. The first-order valence-electron chi connectivity index (χ1n) is 7.48. The van der Waals surface area contributed by atoms with Gasteiger partial charge in [-0.2, -0.15) is 13.2 Å². The summed E-state index contributed by atoms with van der Waals surface area (Å²) in [5.74, 6) is -0.806. The number of alkyl halides is 3. The predicted molar refractivity (Wildman–Crippen MR) is 84.4 cm³/mol. The summed E-state index contributed by atoms with van der Waals surface area (Å²) in [6, 6.07) is 3.30. The molecule has 0 radical (unpaired) electrons. The molecule has 8 heteroatoms. The molecule has 2 aliphatic rings. The van der Waals surface area contributed by atoms with E-state index in [2.05, 4.69) is 5.32 Å². The number of carbonyl (C=O) groups excluding carboxylic acids is 2. The minimum Gasteiger partial charge on any atom is -0.336 e. The first kappa shape index (κ1) is 16.9. The lowest BCUT2D eigenvalue weighted by Crippen LogP contribution is -2.33. The molecule has 1 aromatic rings. The van der Waals surface area contributed by atoms with Gasteiger partial charge in [0.2, 0.25) is 5.91 Å². The second-order valence-corrected chi connectivity index (χ2v) is 6.88. The lowest BCUT2D eigenvalue weighted by molar-refractivity contribution is -0.137. The van der Waals surface area contributed by atoms with Gasteiger partial charge in [0.25, 0.3) is 5.91 Å². The Kier molecular flexibility index (Phi) is 4.33. The Morgan fingerprint density at radius 2 is 2.17 bits per heavy atom. The molecule has 1 atom stereocenters. The number of nitrogens with zero attached hydrogens (tertiary/aromatic N) is 1. The average Bonchev–Trinajstić information content (AvgIpc) is 2.92. The highest BCUT2D eigenvalue weighted by Gasteiger charge is 2.33. The van der Waals surface area contributed by atoms with Crippen LogP contribution in [0.2, 0.25) is 0 Å². The molecule has 0 unspecified atom stereocenters. The molecule has 0 bridgehead atoms.